The molecular weight excluding hydrogens is 391 g/mol. The lowest BCUT2D eigenvalue weighted by molar-refractivity contribution is 0.0949. The third-order valence-corrected chi connectivity index (χ3v) is 5.23. The van der Waals surface area contributed by atoms with Gasteiger partial charge in [-0.2, -0.15) is 0 Å². The van der Waals surface area contributed by atoms with Crippen LogP contribution in [0, 0.1) is 18.6 Å². The third-order valence-electron chi connectivity index (χ3n) is 4.27. The number of rotatable bonds is 6. The van der Waals surface area contributed by atoms with Crippen LogP contribution in [-0.2, 0) is 12.8 Å². The molecule has 9 heteroatoms. The second-order valence-corrected chi connectivity index (χ2v) is 7.40. The van der Waals surface area contributed by atoms with E-state index in [-0.39, 0.29) is 24.4 Å². The average Bonchev–Trinajstić information content (AvgIpc) is 2.96. The Morgan fingerprint density at radius 1 is 1.21 bits per heavy atom. The number of nitrogens with zero attached hydrogens (tertiary/aromatic N) is 2. The first-order valence-corrected chi connectivity index (χ1v) is 9.50. The Kier molecular flexibility index (Phi) is 5.83. The molecule has 0 unspecified atom stereocenters. The first-order chi connectivity index (χ1) is 13.3. The predicted molar refractivity (Wildman–Crippen MR) is 101 cm³/mol. The molecule has 2 aromatic heterocycles. The van der Waals surface area contributed by atoms with Gasteiger partial charge in [0, 0.05) is 30.3 Å². The minimum Gasteiger partial charge on any atom is -0.351 e. The molecule has 3 aromatic rings. The number of carbonyl (C=O) groups is 1. The summed E-state index contributed by atoms with van der Waals surface area (Å²) in [5, 5.41) is 2.66. The largest absolute Gasteiger partial charge is 0.351 e. The lowest BCUT2D eigenvalue weighted by Crippen LogP contribution is -2.28. The van der Waals surface area contributed by atoms with Crippen molar-refractivity contribution in [1.82, 2.24) is 14.7 Å². The number of benzene rings is 1. The van der Waals surface area contributed by atoms with Crippen molar-refractivity contribution in [3.05, 3.63) is 67.6 Å². The Hall–Kier alpha value is -2.68. The molecule has 0 aliphatic heterocycles. The number of aryl methyl sites for hydroxylation is 2. The molecule has 0 atom stereocenters. The van der Waals surface area contributed by atoms with E-state index in [1.165, 1.54) is 21.8 Å². The van der Waals surface area contributed by atoms with Crippen LogP contribution in [0.2, 0.25) is 0 Å². The number of carbonyl (C=O) groups excluding carboxylic acids is 1. The third kappa shape index (κ3) is 3.80. The minimum absolute atomic E-state index is 0.0473. The van der Waals surface area contributed by atoms with Crippen LogP contribution in [0.25, 0.3) is 4.96 Å². The molecule has 28 heavy (non-hydrogen) atoms. The minimum atomic E-state index is -1.05. The maximum atomic E-state index is 13.7. The van der Waals surface area contributed by atoms with Gasteiger partial charge in [-0.3, -0.25) is 14.0 Å². The van der Waals surface area contributed by atoms with Crippen molar-refractivity contribution in [3.8, 4) is 0 Å². The van der Waals surface area contributed by atoms with Crippen molar-refractivity contribution >= 4 is 22.2 Å². The molecular formula is C19H18F3N3O2S. The van der Waals surface area contributed by atoms with Gasteiger partial charge in [0.05, 0.1) is 12.4 Å². The van der Waals surface area contributed by atoms with Crippen LogP contribution < -0.4 is 10.9 Å². The van der Waals surface area contributed by atoms with Crippen molar-refractivity contribution in [2.75, 3.05) is 13.2 Å². The summed E-state index contributed by atoms with van der Waals surface area (Å²) >= 11 is 1.19. The van der Waals surface area contributed by atoms with Crippen LogP contribution in [0.3, 0.4) is 0 Å². The van der Waals surface area contributed by atoms with E-state index in [0.717, 1.165) is 12.1 Å². The SMILES string of the molecule is CCNC(=O)c1c(C)sc2nc(Cc3cc(F)c(F)cc3CCF)cc(=O)n12. The Bertz CT molecular complexity index is 1110. The van der Waals surface area contributed by atoms with Gasteiger partial charge in [0.15, 0.2) is 16.6 Å². The van der Waals surface area contributed by atoms with E-state index in [1.807, 2.05) is 0 Å². The van der Waals surface area contributed by atoms with E-state index in [0.29, 0.717) is 33.2 Å². The van der Waals surface area contributed by atoms with E-state index >= 15 is 0 Å². The predicted octanol–water partition coefficient (Wildman–Crippen LogP) is 3.20. The molecule has 1 aromatic carbocycles. The fourth-order valence-electron chi connectivity index (χ4n) is 3.04. The first kappa shape index (κ1) is 20.1. The number of amides is 1. The van der Waals surface area contributed by atoms with Crippen molar-refractivity contribution in [2.24, 2.45) is 0 Å². The molecule has 148 valence electrons. The van der Waals surface area contributed by atoms with Crippen LogP contribution in [-0.4, -0.2) is 28.5 Å². The van der Waals surface area contributed by atoms with Crippen LogP contribution in [0.1, 0.15) is 39.1 Å². The highest BCUT2D eigenvalue weighted by molar-refractivity contribution is 7.17. The van der Waals surface area contributed by atoms with Gasteiger partial charge in [0.1, 0.15) is 5.69 Å². The Morgan fingerprint density at radius 3 is 2.54 bits per heavy atom. The summed E-state index contributed by atoms with van der Waals surface area (Å²) in [7, 11) is 0. The van der Waals surface area contributed by atoms with Crippen molar-refractivity contribution in [3.63, 3.8) is 0 Å². The number of aromatic nitrogens is 2. The summed E-state index contributed by atoms with van der Waals surface area (Å²) in [6.45, 7) is 3.20. The molecule has 3 rings (SSSR count). The van der Waals surface area contributed by atoms with E-state index < -0.39 is 23.9 Å². The summed E-state index contributed by atoms with van der Waals surface area (Å²) in [4.78, 5) is 30.2. The summed E-state index contributed by atoms with van der Waals surface area (Å²) in [6.07, 6.45) is -0.0150. The van der Waals surface area contributed by atoms with Crippen molar-refractivity contribution in [2.45, 2.75) is 26.7 Å². The number of alkyl halides is 1. The van der Waals surface area contributed by atoms with Gasteiger partial charge in [0.2, 0.25) is 0 Å². The average molecular weight is 409 g/mol. The summed E-state index contributed by atoms with van der Waals surface area (Å²) in [5.41, 5.74) is 0.815. The van der Waals surface area contributed by atoms with E-state index in [1.54, 1.807) is 13.8 Å². The number of halogens is 3. The van der Waals surface area contributed by atoms with Crippen LogP contribution in [0.15, 0.2) is 23.0 Å². The Balaban J connectivity index is 2.06. The Morgan fingerprint density at radius 2 is 1.89 bits per heavy atom. The molecule has 0 radical (unpaired) electrons. The highest BCUT2D eigenvalue weighted by Crippen LogP contribution is 2.22. The zero-order valence-corrected chi connectivity index (χ0v) is 16.1. The molecule has 0 saturated heterocycles. The van der Waals surface area contributed by atoms with Crippen molar-refractivity contribution in [1.29, 1.82) is 0 Å². The van der Waals surface area contributed by atoms with Gasteiger partial charge in [-0.1, -0.05) is 0 Å². The zero-order chi connectivity index (χ0) is 20.4. The first-order valence-electron chi connectivity index (χ1n) is 8.68. The lowest BCUT2D eigenvalue weighted by Gasteiger charge is -2.09. The quantitative estimate of drug-likeness (QED) is 0.680. The number of fused-ring (bicyclic) bond motifs is 1. The highest BCUT2D eigenvalue weighted by Gasteiger charge is 2.19. The van der Waals surface area contributed by atoms with Gasteiger partial charge in [-0.05, 0) is 37.1 Å². The molecule has 1 N–H and O–H groups in total. The molecule has 0 aliphatic rings. The summed E-state index contributed by atoms with van der Waals surface area (Å²) in [6, 6.07) is 3.23. The van der Waals surface area contributed by atoms with Crippen LogP contribution >= 0.6 is 11.3 Å². The summed E-state index contributed by atoms with van der Waals surface area (Å²) < 4.78 is 41.1. The standard InChI is InChI=1S/C19H18F3N3O2S/c1-3-23-18(27)17-10(2)28-19-24-13(9-16(26)25(17)19)6-12-8-15(22)14(21)7-11(12)4-5-20/h7-9H,3-6H2,1-2H3,(H,23,27). The van der Waals surface area contributed by atoms with Crippen molar-refractivity contribution < 1.29 is 18.0 Å². The molecule has 2 heterocycles. The Labute approximate surface area is 162 Å². The zero-order valence-electron chi connectivity index (χ0n) is 15.3. The van der Waals surface area contributed by atoms with Gasteiger partial charge >= 0.3 is 0 Å². The fourth-order valence-corrected chi connectivity index (χ4v) is 4.03. The number of hydrogen-bond donors (Lipinski definition) is 1. The lowest BCUT2D eigenvalue weighted by atomic mass is 10.00. The maximum Gasteiger partial charge on any atom is 0.269 e. The monoisotopic (exact) mass is 409 g/mol. The second-order valence-electron chi connectivity index (χ2n) is 6.22. The van der Waals surface area contributed by atoms with Gasteiger partial charge in [-0.15, -0.1) is 11.3 Å². The van der Waals surface area contributed by atoms with Gasteiger partial charge in [0.25, 0.3) is 11.5 Å². The molecule has 0 bridgehead atoms. The van der Waals surface area contributed by atoms with E-state index in [2.05, 4.69) is 10.3 Å². The van der Waals surface area contributed by atoms with Crippen LogP contribution in [0.4, 0.5) is 13.2 Å². The van der Waals surface area contributed by atoms with E-state index in [4.69, 9.17) is 0 Å². The normalized spacial score (nSPS) is 11.2. The molecule has 1 amide bonds. The topological polar surface area (TPSA) is 63.5 Å². The molecule has 0 fully saturated rings. The summed E-state index contributed by atoms with van der Waals surface area (Å²) in [5.74, 6) is -2.45. The van der Waals surface area contributed by atoms with E-state index in [9.17, 15) is 22.8 Å². The van der Waals surface area contributed by atoms with Gasteiger partial charge in [-0.25, -0.2) is 18.2 Å². The molecule has 0 saturated carbocycles. The highest BCUT2D eigenvalue weighted by atomic mass is 32.1. The fraction of sp³-hybridized carbons (Fsp3) is 0.316. The number of hydrogen-bond acceptors (Lipinski definition) is 4. The number of thiazole rings is 1. The molecule has 0 spiro atoms. The van der Waals surface area contributed by atoms with Gasteiger partial charge < -0.3 is 5.32 Å². The second kappa shape index (κ2) is 8.14. The molecule has 0 aliphatic carbocycles. The maximum absolute atomic E-state index is 13.7. The van der Waals surface area contributed by atoms with Crippen LogP contribution in [0.5, 0.6) is 0 Å². The number of nitrogens with one attached hydrogen (secondary N) is 1. The smallest absolute Gasteiger partial charge is 0.269 e. The molecule has 5 nitrogen and oxygen atoms in total.